The van der Waals surface area contributed by atoms with Crippen molar-refractivity contribution in [1.29, 1.82) is 0 Å². The molecule has 0 aliphatic heterocycles. The smallest absolute Gasteiger partial charge is 0.117 e. The summed E-state index contributed by atoms with van der Waals surface area (Å²) in [5.74, 6) is 3.21. The maximum absolute atomic E-state index is 5.24. The van der Waals surface area contributed by atoms with Gasteiger partial charge in [0.25, 0.3) is 0 Å². The van der Waals surface area contributed by atoms with Crippen molar-refractivity contribution in [2.45, 2.75) is 12.3 Å². The number of benzene rings is 1. The van der Waals surface area contributed by atoms with Crippen LogP contribution in [0.4, 0.5) is 0 Å². The molecule has 0 saturated carbocycles. The Morgan fingerprint density at radius 2 is 1.94 bits per heavy atom. The van der Waals surface area contributed by atoms with Gasteiger partial charge in [0.15, 0.2) is 0 Å². The molecular weight excluding hydrogens is 230 g/mol. The summed E-state index contributed by atoms with van der Waals surface area (Å²) >= 11 is 1.95. The normalized spacial score (nSPS) is 10.6. The first-order chi connectivity index (χ1) is 8.45. The lowest BCUT2D eigenvalue weighted by molar-refractivity contribution is 0.488. The Morgan fingerprint density at radius 1 is 1.06 bits per heavy atom. The fourth-order valence-electron chi connectivity index (χ4n) is 1.53. The molecule has 1 heterocycles. The first kappa shape index (κ1) is 12.3. The molecule has 1 N–H and O–H groups in total. The quantitative estimate of drug-likeness (QED) is 0.760. The molecule has 0 fully saturated rings. The third-order valence-corrected chi connectivity index (χ3v) is 3.44. The highest BCUT2D eigenvalue weighted by molar-refractivity contribution is 7.98. The number of nitrogens with one attached hydrogen (secondary N) is 1. The van der Waals surface area contributed by atoms with Gasteiger partial charge >= 0.3 is 0 Å². The second-order valence-corrected chi connectivity index (χ2v) is 4.90. The largest absolute Gasteiger partial charge is 0.468 e. The van der Waals surface area contributed by atoms with E-state index in [1.54, 1.807) is 6.26 Å². The van der Waals surface area contributed by atoms with E-state index in [4.69, 9.17) is 4.42 Å². The minimum absolute atomic E-state index is 0.818. The molecule has 0 unspecified atom stereocenters. The second kappa shape index (κ2) is 7.20. The first-order valence-corrected chi connectivity index (χ1v) is 6.95. The van der Waals surface area contributed by atoms with Crippen LogP contribution in [0, 0.1) is 0 Å². The van der Waals surface area contributed by atoms with Crippen LogP contribution < -0.4 is 5.32 Å². The van der Waals surface area contributed by atoms with Crippen LogP contribution in [0.1, 0.15) is 11.3 Å². The zero-order chi connectivity index (χ0) is 11.8. The number of hydrogen-bond donors (Lipinski definition) is 1. The van der Waals surface area contributed by atoms with Gasteiger partial charge in [0, 0.05) is 18.1 Å². The van der Waals surface area contributed by atoms with Gasteiger partial charge in [0.2, 0.25) is 0 Å². The molecule has 2 nitrogen and oxygen atoms in total. The van der Waals surface area contributed by atoms with Gasteiger partial charge in [-0.25, -0.2) is 0 Å². The van der Waals surface area contributed by atoms with Crippen molar-refractivity contribution >= 4 is 11.8 Å². The van der Waals surface area contributed by atoms with Crippen LogP contribution in [0.3, 0.4) is 0 Å². The van der Waals surface area contributed by atoms with Gasteiger partial charge in [-0.15, -0.1) is 0 Å². The van der Waals surface area contributed by atoms with Gasteiger partial charge in [-0.3, -0.25) is 0 Å². The molecule has 0 spiro atoms. The molecule has 0 atom stereocenters. The Balaban J connectivity index is 1.52. The zero-order valence-corrected chi connectivity index (χ0v) is 10.6. The van der Waals surface area contributed by atoms with Crippen molar-refractivity contribution in [1.82, 2.24) is 5.32 Å². The van der Waals surface area contributed by atoms with Crippen LogP contribution in [0.2, 0.25) is 0 Å². The Labute approximate surface area is 106 Å². The van der Waals surface area contributed by atoms with Crippen LogP contribution in [-0.4, -0.2) is 12.3 Å². The molecule has 0 aliphatic carbocycles. The summed E-state index contributed by atoms with van der Waals surface area (Å²) in [5, 5.41) is 3.36. The molecule has 0 aliphatic rings. The average molecular weight is 247 g/mol. The van der Waals surface area contributed by atoms with E-state index in [9.17, 15) is 0 Å². The highest BCUT2D eigenvalue weighted by Crippen LogP contribution is 2.10. The first-order valence-electron chi connectivity index (χ1n) is 5.80. The highest BCUT2D eigenvalue weighted by Gasteiger charge is 1.95. The fraction of sp³-hybridized carbons (Fsp3) is 0.286. The zero-order valence-electron chi connectivity index (χ0n) is 9.76. The SMILES string of the molecule is c1ccc(CSCCNCc2ccco2)cc1. The van der Waals surface area contributed by atoms with Crippen molar-refractivity contribution in [3.8, 4) is 0 Å². The number of thioether (sulfide) groups is 1. The van der Waals surface area contributed by atoms with Crippen molar-refractivity contribution in [3.63, 3.8) is 0 Å². The molecule has 1 aromatic heterocycles. The summed E-state index contributed by atoms with van der Waals surface area (Å²) in [6, 6.07) is 14.5. The van der Waals surface area contributed by atoms with Gasteiger partial charge in [0.1, 0.15) is 5.76 Å². The van der Waals surface area contributed by atoms with E-state index in [1.165, 1.54) is 5.56 Å². The molecule has 0 radical (unpaired) electrons. The Morgan fingerprint density at radius 3 is 2.71 bits per heavy atom. The topological polar surface area (TPSA) is 25.2 Å². The van der Waals surface area contributed by atoms with Crippen molar-refractivity contribution in [2.24, 2.45) is 0 Å². The number of hydrogen-bond acceptors (Lipinski definition) is 3. The van der Waals surface area contributed by atoms with Gasteiger partial charge in [-0.2, -0.15) is 11.8 Å². The van der Waals surface area contributed by atoms with E-state index < -0.39 is 0 Å². The lowest BCUT2D eigenvalue weighted by Gasteiger charge is -2.03. The predicted molar refractivity (Wildman–Crippen MR) is 73.0 cm³/mol. The van der Waals surface area contributed by atoms with Gasteiger partial charge in [0.05, 0.1) is 12.8 Å². The third-order valence-electron chi connectivity index (χ3n) is 2.41. The van der Waals surface area contributed by atoms with E-state index in [1.807, 2.05) is 23.9 Å². The fourth-order valence-corrected chi connectivity index (χ4v) is 2.39. The molecule has 2 rings (SSSR count). The molecule has 2 aromatic rings. The van der Waals surface area contributed by atoms with Gasteiger partial charge < -0.3 is 9.73 Å². The van der Waals surface area contributed by atoms with Crippen molar-refractivity contribution in [3.05, 3.63) is 60.1 Å². The molecule has 90 valence electrons. The van der Waals surface area contributed by atoms with E-state index >= 15 is 0 Å². The summed E-state index contributed by atoms with van der Waals surface area (Å²) in [6.07, 6.45) is 1.71. The average Bonchev–Trinajstić information content (AvgIpc) is 2.88. The number of furan rings is 1. The van der Waals surface area contributed by atoms with Crippen LogP contribution >= 0.6 is 11.8 Å². The van der Waals surface area contributed by atoms with Gasteiger partial charge in [-0.1, -0.05) is 30.3 Å². The van der Waals surface area contributed by atoms with Crippen LogP contribution in [0.5, 0.6) is 0 Å². The summed E-state index contributed by atoms with van der Waals surface area (Å²) in [7, 11) is 0. The lowest BCUT2D eigenvalue weighted by Crippen LogP contribution is -2.16. The Bertz CT molecular complexity index is 399. The molecule has 0 bridgehead atoms. The van der Waals surface area contributed by atoms with Crippen LogP contribution in [0.15, 0.2) is 53.1 Å². The van der Waals surface area contributed by atoms with E-state index in [-0.39, 0.29) is 0 Å². The van der Waals surface area contributed by atoms with E-state index in [0.29, 0.717) is 0 Å². The summed E-state index contributed by atoms with van der Waals surface area (Å²) in [5.41, 5.74) is 1.39. The maximum Gasteiger partial charge on any atom is 0.117 e. The van der Waals surface area contributed by atoms with E-state index in [0.717, 1.165) is 30.4 Å². The second-order valence-electron chi connectivity index (χ2n) is 3.79. The van der Waals surface area contributed by atoms with Gasteiger partial charge in [-0.05, 0) is 17.7 Å². The summed E-state index contributed by atoms with van der Waals surface area (Å²) in [4.78, 5) is 0. The molecule has 1 aromatic carbocycles. The maximum atomic E-state index is 5.24. The predicted octanol–water partition coefficient (Wildman–Crippen LogP) is 3.30. The molecular formula is C14H17NOS. The Kier molecular flexibility index (Phi) is 5.20. The highest BCUT2D eigenvalue weighted by atomic mass is 32.2. The molecule has 0 saturated heterocycles. The Hall–Kier alpha value is -1.19. The minimum Gasteiger partial charge on any atom is -0.468 e. The summed E-state index contributed by atoms with van der Waals surface area (Å²) in [6.45, 7) is 1.83. The molecule has 0 amide bonds. The monoisotopic (exact) mass is 247 g/mol. The standard InChI is InChI=1S/C14H17NOS/c1-2-5-13(6-3-1)12-17-10-8-15-11-14-7-4-9-16-14/h1-7,9,15H,8,10-12H2. The summed E-state index contributed by atoms with van der Waals surface area (Å²) < 4.78 is 5.24. The lowest BCUT2D eigenvalue weighted by atomic mass is 10.2. The van der Waals surface area contributed by atoms with Crippen LogP contribution in [0.25, 0.3) is 0 Å². The minimum atomic E-state index is 0.818. The molecule has 3 heteroatoms. The van der Waals surface area contributed by atoms with Crippen molar-refractivity contribution < 1.29 is 4.42 Å². The third kappa shape index (κ3) is 4.67. The van der Waals surface area contributed by atoms with Crippen LogP contribution in [-0.2, 0) is 12.3 Å². The number of rotatable bonds is 7. The van der Waals surface area contributed by atoms with E-state index in [2.05, 4.69) is 35.6 Å². The molecule has 17 heavy (non-hydrogen) atoms. The van der Waals surface area contributed by atoms with Crippen molar-refractivity contribution in [2.75, 3.05) is 12.3 Å².